The molecule has 6 atom stereocenters. The summed E-state index contributed by atoms with van der Waals surface area (Å²) in [6.45, 7) is 2.80. The molecule has 4 aliphatic rings. The minimum Gasteiger partial charge on any atom is -0.504 e. The second-order valence-corrected chi connectivity index (χ2v) is 11.5. The topological polar surface area (TPSA) is 82.5 Å². The number of halogens is 3. The van der Waals surface area contributed by atoms with E-state index in [1.165, 1.54) is 30.4 Å². The number of nitrogens with zero attached hydrogens (tertiary/aromatic N) is 2. The maximum atomic E-state index is 13.5. The van der Waals surface area contributed by atoms with Gasteiger partial charge in [0.25, 0.3) is 0 Å². The summed E-state index contributed by atoms with van der Waals surface area (Å²) in [5.41, 5.74) is 0.445. The molecule has 7 nitrogen and oxygen atoms in total. The molecular formula is C30H33F3N2O5. The van der Waals surface area contributed by atoms with Gasteiger partial charge in [-0.15, -0.1) is 13.2 Å². The zero-order valence-electron chi connectivity index (χ0n) is 22.6. The zero-order chi connectivity index (χ0) is 28.6. The number of rotatable bonds is 5. The Labute approximate surface area is 230 Å². The summed E-state index contributed by atoms with van der Waals surface area (Å²) in [5.74, 6) is -0.392. The number of carbonyl (C=O) groups is 1. The number of carbonyl (C=O) groups excluding carboxylic acids is 1. The Morgan fingerprint density at radius 2 is 2.08 bits per heavy atom. The van der Waals surface area contributed by atoms with E-state index < -0.39 is 29.5 Å². The van der Waals surface area contributed by atoms with E-state index >= 15 is 0 Å². The molecule has 2 N–H and O–H groups in total. The van der Waals surface area contributed by atoms with Crippen LogP contribution in [-0.2, 0) is 16.6 Å². The van der Waals surface area contributed by atoms with Gasteiger partial charge in [-0.1, -0.05) is 31.5 Å². The number of benzene rings is 2. The summed E-state index contributed by atoms with van der Waals surface area (Å²) in [6.07, 6.45) is -0.0878. The number of alkyl halides is 3. The Morgan fingerprint density at radius 3 is 2.80 bits per heavy atom. The van der Waals surface area contributed by atoms with Crippen molar-refractivity contribution in [1.29, 1.82) is 0 Å². The van der Waals surface area contributed by atoms with Crippen molar-refractivity contribution in [2.45, 2.75) is 68.2 Å². The number of phenols is 1. The van der Waals surface area contributed by atoms with Crippen molar-refractivity contribution in [3.63, 3.8) is 0 Å². The molecule has 1 saturated carbocycles. The lowest BCUT2D eigenvalue weighted by atomic mass is 9.45. The third kappa shape index (κ3) is 3.75. The molecule has 2 aromatic rings. The van der Waals surface area contributed by atoms with Crippen LogP contribution in [0, 0.1) is 5.92 Å². The molecule has 0 radical (unpaired) electrons. The molecule has 3 unspecified atom stereocenters. The average molecular weight is 559 g/mol. The Kier molecular flexibility index (Phi) is 6.16. The number of aliphatic hydroxyl groups is 1. The van der Waals surface area contributed by atoms with Crippen LogP contribution in [0.2, 0.25) is 0 Å². The summed E-state index contributed by atoms with van der Waals surface area (Å²) < 4.78 is 48.4. The minimum atomic E-state index is -4.81. The van der Waals surface area contributed by atoms with Crippen LogP contribution in [0.1, 0.15) is 42.9 Å². The van der Waals surface area contributed by atoms with Gasteiger partial charge >= 0.3 is 6.36 Å². The summed E-state index contributed by atoms with van der Waals surface area (Å²) in [7, 11) is 3.73. The van der Waals surface area contributed by atoms with E-state index in [1.807, 2.05) is 13.1 Å². The predicted octanol–water partition coefficient (Wildman–Crippen LogP) is 4.25. The third-order valence-corrected chi connectivity index (χ3v) is 9.77. The van der Waals surface area contributed by atoms with E-state index in [0.29, 0.717) is 37.0 Å². The molecule has 2 aliphatic heterocycles. The molecule has 6 rings (SSSR count). The average Bonchev–Trinajstić information content (AvgIpc) is 3.25. The molecule has 0 aromatic heterocycles. The first-order valence-electron chi connectivity index (χ1n) is 13.7. The number of amides is 1. The number of likely N-dealkylation sites (tertiary alicyclic amines) is 1. The lowest BCUT2D eigenvalue weighted by Gasteiger charge is -2.66. The van der Waals surface area contributed by atoms with E-state index in [0.717, 1.165) is 17.7 Å². The highest BCUT2D eigenvalue weighted by Crippen LogP contribution is 2.67. The normalized spacial score (nSPS) is 32.5. The van der Waals surface area contributed by atoms with E-state index in [-0.39, 0.29) is 29.4 Å². The van der Waals surface area contributed by atoms with Gasteiger partial charge in [-0.05, 0) is 74.2 Å². The number of piperidine rings is 1. The fourth-order valence-corrected chi connectivity index (χ4v) is 8.06. The number of hydrogen-bond donors (Lipinski definition) is 2. The maximum Gasteiger partial charge on any atom is 0.573 e. The van der Waals surface area contributed by atoms with E-state index in [9.17, 15) is 28.2 Å². The van der Waals surface area contributed by atoms with Crippen molar-refractivity contribution in [2.75, 3.05) is 20.6 Å². The first kappa shape index (κ1) is 27.0. The molecule has 2 heterocycles. The highest BCUT2D eigenvalue weighted by atomic mass is 19.4. The zero-order valence-corrected chi connectivity index (χ0v) is 22.6. The van der Waals surface area contributed by atoms with Crippen LogP contribution in [0.5, 0.6) is 17.2 Å². The Balaban J connectivity index is 1.35. The quantitative estimate of drug-likeness (QED) is 0.534. The molecule has 2 fully saturated rings. The highest BCUT2D eigenvalue weighted by Gasteiger charge is 2.75. The van der Waals surface area contributed by atoms with Gasteiger partial charge in [0.1, 0.15) is 11.9 Å². The van der Waals surface area contributed by atoms with Crippen molar-refractivity contribution < 1.29 is 37.7 Å². The van der Waals surface area contributed by atoms with Gasteiger partial charge in [0.2, 0.25) is 5.91 Å². The molecule has 10 heteroatoms. The molecule has 214 valence electrons. The largest absolute Gasteiger partial charge is 0.573 e. The fourth-order valence-electron chi connectivity index (χ4n) is 8.06. The van der Waals surface area contributed by atoms with Gasteiger partial charge in [-0.25, -0.2) is 0 Å². The van der Waals surface area contributed by atoms with Gasteiger partial charge in [0.05, 0.1) is 17.1 Å². The van der Waals surface area contributed by atoms with E-state index in [4.69, 9.17) is 4.74 Å². The third-order valence-electron chi connectivity index (χ3n) is 9.77. The Hall–Kier alpha value is -3.24. The van der Waals surface area contributed by atoms with Crippen LogP contribution in [0.25, 0.3) is 6.08 Å². The minimum absolute atomic E-state index is 0.0314. The molecule has 2 bridgehead atoms. The number of ether oxygens (including phenoxy) is 2. The summed E-state index contributed by atoms with van der Waals surface area (Å²) in [5, 5.41) is 23.5. The van der Waals surface area contributed by atoms with Crippen molar-refractivity contribution in [2.24, 2.45) is 5.92 Å². The standard InChI is InChI=1S/C30H33F3N2O5/c1-4-19-16-21(35(3)24(37)11-8-17-6-5-7-20(14-17)40-30(31,32)33)27-28-12-13-34(2)23(29(19,28)38)15-18-9-10-22(36)26(39-27)25(18)28/h5-11,14,19,21,23,27,36,38H,4,12-13,15-16H2,1-3H3/b11-8+/t19?,21?,23-,27?,28+,29-/m1/s1. The van der Waals surface area contributed by atoms with Crippen molar-refractivity contribution in [3.8, 4) is 17.2 Å². The Bertz CT molecular complexity index is 1380. The number of aromatic hydroxyl groups is 1. The van der Waals surface area contributed by atoms with Gasteiger partial charge < -0.3 is 29.5 Å². The predicted molar refractivity (Wildman–Crippen MR) is 141 cm³/mol. The van der Waals surface area contributed by atoms with Crippen LogP contribution >= 0.6 is 0 Å². The number of phenolic OH excluding ortho intramolecular Hbond substituents is 1. The van der Waals surface area contributed by atoms with Crippen molar-refractivity contribution in [3.05, 3.63) is 59.2 Å². The molecule has 2 aliphatic carbocycles. The second-order valence-electron chi connectivity index (χ2n) is 11.5. The molecular weight excluding hydrogens is 525 g/mol. The van der Waals surface area contributed by atoms with Crippen molar-refractivity contribution in [1.82, 2.24) is 9.80 Å². The number of hydrogen-bond acceptors (Lipinski definition) is 6. The van der Waals surface area contributed by atoms with Crippen LogP contribution in [-0.4, -0.2) is 76.7 Å². The fraction of sp³-hybridized carbons (Fsp3) is 0.500. The molecule has 1 spiro atoms. The van der Waals surface area contributed by atoms with Crippen LogP contribution in [0.15, 0.2) is 42.5 Å². The van der Waals surface area contributed by atoms with Gasteiger partial charge in [0, 0.05) is 24.7 Å². The lowest BCUT2D eigenvalue weighted by molar-refractivity contribution is -0.274. The Morgan fingerprint density at radius 1 is 1.30 bits per heavy atom. The second kappa shape index (κ2) is 9.14. The first-order valence-corrected chi connectivity index (χ1v) is 13.7. The van der Waals surface area contributed by atoms with Crippen molar-refractivity contribution >= 4 is 12.0 Å². The monoisotopic (exact) mass is 558 g/mol. The van der Waals surface area contributed by atoms with Crippen LogP contribution in [0.3, 0.4) is 0 Å². The van der Waals surface area contributed by atoms with Gasteiger partial charge in [0.15, 0.2) is 11.5 Å². The van der Waals surface area contributed by atoms with E-state index in [2.05, 4.69) is 16.6 Å². The summed E-state index contributed by atoms with van der Waals surface area (Å²) >= 11 is 0. The summed E-state index contributed by atoms with van der Waals surface area (Å²) in [4.78, 5) is 17.3. The summed E-state index contributed by atoms with van der Waals surface area (Å²) in [6, 6.07) is 8.47. The molecule has 40 heavy (non-hydrogen) atoms. The van der Waals surface area contributed by atoms with Gasteiger partial charge in [-0.2, -0.15) is 0 Å². The maximum absolute atomic E-state index is 13.5. The first-order chi connectivity index (χ1) is 18.9. The smallest absolute Gasteiger partial charge is 0.504 e. The van der Waals surface area contributed by atoms with Gasteiger partial charge in [-0.3, -0.25) is 4.79 Å². The van der Waals surface area contributed by atoms with Crippen LogP contribution < -0.4 is 9.47 Å². The molecule has 1 saturated heterocycles. The lowest BCUT2D eigenvalue weighted by Crippen LogP contribution is -2.80. The number of likely N-dealkylation sites (N-methyl/N-ethyl adjacent to an activating group) is 2. The SMILES string of the molecule is CCC1CC(N(C)C(=O)/C=C/c2cccc(OC(F)(F)F)c2)C2Oc3c(O)ccc4c3[C@@]23CCN(C)[C@H](C4)[C@]13O. The molecule has 1 amide bonds. The van der Waals surface area contributed by atoms with Crippen LogP contribution in [0.4, 0.5) is 13.2 Å². The van der Waals surface area contributed by atoms with E-state index in [1.54, 1.807) is 24.1 Å². The highest BCUT2D eigenvalue weighted by molar-refractivity contribution is 5.92. The molecule has 2 aromatic carbocycles.